The van der Waals surface area contributed by atoms with E-state index in [0.29, 0.717) is 12.1 Å². The lowest BCUT2D eigenvalue weighted by atomic mass is 9.87. The van der Waals surface area contributed by atoms with E-state index in [0.717, 1.165) is 31.9 Å². The largest absolute Gasteiger partial charge is 0.468 e. The Bertz CT molecular complexity index is 984. The van der Waals surface area contributed by atoms with Gasteiger partial charge in [0, 0.05) is 44.0 Å². The minimum atomic E-state index is -0.0510. The molecule has 3 aromatic rings. The summed E-state index contributed by atoms with van der Waals surface area (Å²) in [6.07, 6.45) is 1.70. The first-order chi connectivity index (χ1) is 15.4. The quantitative estimate of drug-likeness (QED) is 0.605. The van der Waals surface area contributed by atoms with Crippen molar-refractivity contribution < 1.29 is 9.21 Å². The zero-order chi connectivity index (χ0) is 22.6. The fourth-order valence-corrected chi connectivity index (χ4v) is 4.23. The summed E-state index contributed by atoms with van der Waals surface area (Å²) < 4.78 is 5.74. The molecule has 1 aliphatic rings. The van der Waals surface area contributed by atoms with Crippen LogP contribution in [0, 0.1) is 0 Å². The molecule has 1 saturated heterocycles. The molecule has 0 aliphatic carbocycles. The Morgan fingerprint density at radius 2 is 1.62 bits per heavy atom. The Balaban J connectivity index is 1.39. The van der Waals surface area contributed by atoms with E-state index >= 15 is 0 Å². The highest BCUT2D eigenvalue weighted by molar-refractivity contribution is 5.94. The van der Waals surface area contributed by atoms with Gasteiger partial charge in [0.15, 0.2) is 0 Å². The van der Waals surface area contributed by atoms with Crippen molar-refractivity contribution in [2.75, 3.05) is 37.6 Å². The van der Waals surface area contributed by atoms with Crippen LogP contribution in [-0.2, 0) is 5.41 Å². The number of rotatable bonds is 6. The van der Waals surface area contributed by atoms with Crippen molar-refractivity contribution in [3.8, 4) is 0 Å². The molecule has 0 radical (unpaired) electrons. The van der Waals surface area contributed by atoms with Crippen molar-refractivity contribution in [3.05, 3.63) is 89.9 Å². The predicted octanol–water partition coefficient (Wildman–Crippen LogP) is 4.87. The topological polar surface area (TPSA) is 48.7 Å². The van der Waals surface area contributed by atoms with Crippen LogP contribution >= 0.6 is 0 Å². The summed E-state index contributed by atoms with van der Waals surface area (Å²) in [5.41, 5.74) is 3.24. The van der Waals surface area contributed by atoms with E-state index in [1.54, 1.807) is 6.26 Å². The van der Waals surface area contributed by atoms with Gasteiger partial charge in [-0.3, -0.25) is 9.69 Å². The van der Waals surface area contributed by atoms with Crippen LogP contribution in [0.25, 0.3) is 0 Å². The monoisotopic (exact) mass is 431 g/mol. The molecule has 1 atom stereocenters. The number of anilines is 1. The maximum atomic E-state index is 12.8. The molecular formula is C27H33N3O2. The number of benzene rings is 2. The van der Waals surface area contributed by atoms with Crippen molar-refractivity contribution in [1.82, 2.24) is 10.2 Å². The van der Waals surface area contributed by atoms with Crippen molar-refractivity contribution in [2.24, 2.45) is 0 Å². The van der Waals surface area contributed by atoms with Gasteiger partial charge in [-0.1, -0.05) is 51.1 Å². The van der Waals surface area contributed by atoms with Crippen molar-refractivity contribution >= 4 is 11.6 Å². The molecule has 32 heavy (non-hydrogen) atoms. The number of carbonyl (C=O) groups excluding carboxylic acids is 1. The molecule has 1 aromatic heterocycles. The molecule has 1 fully saturated rings. The van der Waals surface area contributed by atoms with Crippen LogP contribution in [0.2, 0.25) is 0 Å². The minimum absolute atomic E-state index is 0.0146. The van der Waals surface area contributed by atoms with E-state index < -0.39 is 0 Å². The molecule has 0 spiro atoms. The molecule has 5 heteroatoms. The molecule has 0 unspecified atom stereocenters. The Labute approximate surface area is 191 Å². The zero-order valence-corrected chi connectivity index (χ0v) is 19.3. The number of nitrogens with zero attached hydrogens (tertiary/aromatic N) is 2. The fraction of sp³-hybridized carbons (Fsp3) is 0.370. The molecule has 1 N–H and O–H groups in total. The molecule has 4 rings (SSSR count). The maximum absolute atomic E-state index is 12.8. The second-order valence-corrected chi connectivity index (χ2v) is 9.43. The lowest BCUT2D eigenvalue weighted by Crippen LogP contribution is -2.49. The van der Waals surface area contributed by atoms with Crippen LogP contribution in [-0.4, -0.2) is 43.5 Å². The number of hydrogen-bond acceptors (Lipinski definition) is 4. The lowest BCUT2D eigenvalue weighted by Gasteiger charge is -2.39. The molecule has 1 amide bonds. The molecular weight excluding hydrogens is 398 g/mol. The predicted molar refractivity (Wildman–Crippen MR) is 129 cm³/mol. The van der Waals surface area contributed by atoms with Crippen molar-refractivity contribution in [3.63, 3.8) is 0 Å². The normalized spacial score (nSPS) is 16.0. The highest BCUT2D eigenvalue weighted by Crippen LogP contribution is 2.25. The molecule has 2 aromatic carbocycles. The first kappa shape index (κ1) is 22.2. The average Bonchev–Trinajstić information content (AvgIpc) is 3.34. The summed E-state index contributed by atoms with van der Waals surface area (Å²) in [5, 5.41) is 3.13. The third kappa shape index (κ3) is 5.22. The average molecular weight is 432 g/mol. The van der Waals surface area contributed by atoms with E-state index in [9.17, 15) is 4.79 Å². The number of carbonyl (C=O) groups is 1. The van der Waals surface area contributed by atoms with Gasteiger partial charge in [-0.25, -0.2) is 0 Å². The number of piperazine rings is 1. The summed E-state index contributed by atoms with van der Waals surface area (Å²) >= 11 is 0. The van der Waals surface area contributed by atoms with Gasteiger partial charge in [0.05, 0.1) is 12.3 Å². The Morgan fingerprint density at radius 1 is 0.938 bits per heavy atom. The SMILES string of the molecule is CC(C)(C)c1ccc(C(=O)NC[C@H](c2ccco2)N2CCN(c3ccccc3)CC2)cc1. The summed E-state index contributed by atoms with van der Waals surface area (Å²) in [6.45, 7) is 10.8. The number of para-hydroxylation sites is 1. The summed E-state index contributed by atoms with van der Waals surface area (Å²) in [6, 6.07) is 22.4. The number of furan rings is 1. The third-order valence-corrected chi connectivity index (χ3v) is 6.22. The fourth-order valence-electron chi connectivity index (χ4n) is 4.23. The van der Waals surface area contributed by atoms with Crippen LogP contribution < -0.4 is 10.2 Å². The first-order valence-corrected chi connectivity index (χ1v) is 11.4. The van der Waals surface area contributed by atoms with Crippen molar-refractivity contribution in [1.29, 1.82) is 0 Å². The van der Waals surface area contributed by atoms with Crippen LogP contribution in [0.15, 0.2) is 77.4 Å². The number of hydrogen-bond donors (Lipinski definition) is 1. The van der Waals surface area contributed by atoms with Gasteiger partial charge in [0.25, 0.3) is 5.91 Å². The number of amides is 1. The van der Waals surface area contributed by atoms with E-state index in [-0.39, 0.29) is 17.4 Å². The highest BCUT2D eigenvalue weighted by atomic mass is 16.3. The van der Waals surface area contributed by atoms with Gasteiger partial charge in [0.2, 0.25) is 0 Å². The molecule has 0 saturated carbocycles. The van der Waals surface area contributed by atoms with Crippen LogP contribution in [0.5, 0.6) is 0 Å². The lowest BCUT2D eigenvalue weighted by molar-refractivity contribution is 0.0923. The van der Waals surface area contributed by atoms with Crippen LogP contribution in [0.4, 0.5) is 5.69 Å². The zero-order valence-electron chi connectivity index (χ0n) is 19.3. The smallest absolute Gasteiger partial charge is 0.251 e. The third-order valence-electron chi connectivity index (χ3n) is 6.22. The Kier molecular flexibility index (Phi) is 6.66. The molecule has 2 heterocycles. The van der Waals surface area contributed by atoms with Crippen LogP contribution in [0.3, 0.4) is 0 Å². The van der Waals surface area contributed by atoms with Gasteiger partial charge >= 0.3 is 0 Å². The summed E-state index contributed by atoms with van der Waals surface area (Å²) in [7, 11) is 0. The van der Waals surface area contributed by atoms with E-state index in [4.69, 9.17) is 4.42 Å². The summed E-state index contributed by atoms with van der Waals surface area (Å²) in [5.74, 6) is 0.839. The molecule has 168 valence electrons. The van der Waals surface area contributed by atoms with E-state index in [1.165, 1.54) is 11.3 Å². The first-order valence-electron chi connectivity index (χ1n) is 11.4. The van der Waals surface area contributed by atoms with Gasteiger partial charge in [-0.2, -0.15) is 0 Å². The molecule has 5 nitrogen and oxygen atoms in total. The van der Waals surface area contributed by atoms with Gasteiger partial charge in [0.1, 0.15) is 5.76 Å². The second-order valence-electron chi connectivity index (χ2n) is 9.43. The summed E-state index contributed by atoms with van der Waals surface area (Å²) in [4.78, 5) is 17.6. The molecule has 1 aliphatic heterocycles. The Morgan fingerprint density at radius 3 is 2.22 bits per heavy atom. The van der Waals surface area contributed by atoms with Crippen molar-refractivity contribution in [2.45, 2.75) is 32.2 Å². The maximum Gasteiger partial charge on any atom is 0.251 e. The molecule has 0 bridgehead atoms. The van der Waals surface area contributed by atoms with Gasteiger partial charge in [-0.05, 0) is 47.4 Å². The highest BCUT2D eigenvalue weighted by Gasteiger charge is 2.27. The second kappa shape index (κ2) is 9.61. The minimum Gasteiger partial charge on any atom is -0.468 e. The van der Waals surface area contributed by atoms with Crippen LogP contribution in [0.1, 0.15) is 48.5 Å². The number of nitrogens with one attached hydrogen (secondary N) is 1. The van der Waals surface area contributed by atoms with E-state index in [2.05, 4.69) is 60.2 Å². The Hall–Kier alpha value is -3.05. The standard InChI is InChI=1S/C27H33N3O2/c1-27(2,3)22-13-11-21(12-14-22)26(31)28-20-24(25-10-7-19-32-25)30-17-15-29(16-18-30)23-8-5-4-6-9-23/h4-14,19,24H,15-18,20H2,1-3H3,(H,28,31)/t24-/m1/s1. The van der Waals surface area contributed by atoms with E-state index in [1.807, 2.05) is 42.5 Å². The van der Waals surface area contributed by atoms with Gasteiger partial charge < -0.3 is 14.6 Å². The van der Waals surface area contributed by atoms with Gasteiger partial charge in [-0.15, -0.1) is 0 Å².